The Labute approximate surface area is 188 Å². The lowest BCUT2D eigenvalue weighted by atomic mass is 10.2. The van der Waals surface area contributed by atoms with Crippen LogP contribution in [0.5, 0.6) is 0 Å². The van der Waals surface area contributed by atoms with Crippen LogP contribution in [-0.4, -0.2) is 40.2 Å². The molecule has 1 unspecified atom stereocenters. The minimum atomic E-state index is -3.69. The largest absolute Gasteiger partial charge is 0.469 e. The number of ether oxygens (including phenoxy) is 1. The Morgan fingerprint density at radius 2 is 2.00 bits per heavy atom. The van der Waals surface area contributed by atoms with Gasteiger partial charge in [-0.1, -0.05) is 12.1 Å². The second-order valence-electron chi connectivity index (χ2n) is 6.63. The smallest absolute Gasteiger partial charge is 0.238 e. The van der Waals surface area contributed by atoms with Crippen LogP contribution in [0.2, 0.25) is 0 Å². The van der Waals surface area contributed by atoms with E-state index in [0.717, 1.165) is 37.2 Å². The van der Waals surface area contributed by atoms with Crippen LogP contribution >= 0.6 is 24.0 Å². The maximum atomic E-state index is 11.3. The molecular weight excluding hydrogens is 507 g/mol. The molecule has 2 heterocycles. The molecule has 4 N–H and O–H groups in total. The summed E-state index contributed by atoms with van der Waals surface area (Å²) in [6.07, 6.45) is 4.73. The first-order chi connectivity index (χ1) is 13.5. The number of rotatable bonds is 8. The molecule has 1 saturated heterocycles. The number of aliphatic imine (C=N–C) groups is 1. The molecule has 0 bridgehead atoms. The van der Waals surface area contributed by atoms with Crippen molar-refractivity contribution in [2.75, 3.05) is 19.7 Å². The molecule has 29 heavy (non-hydrogen) atoms. The summed E-state index contributed by atoms with van der Waals surface area (Å²) in [4.78, 5) is 4.68. The van der Waals surface area contributed by atoms with E-state index in [1.54, 1.807) is 18.4 Å². The summed E-state index contributed by atoms with van der Waals surface area (Å²) in [6, 6.07) is 10.2. The van der Waals surface area contributed by atoms with Crippen molar-refractivity contribution in [3.63, 3.8) is 0 Å². The van der Waals surface area contributed by atoms with E-state index in [-0.39, 0.29) is 35.0 Å². The maximum absolute atomic E-state index is 11.3. The fourth-order valence-corrected chi connectivity index (χ4v) is 3.42. The van der Waals surface area contributed by atoms with Crippen molar-refractivity contribution >= 4 is 40.0 Å². The van der Waals surface area contributed by atoms with Gasteiger partial charge >= 0.3 is 0 Å². The number of halogens is 1. The third kappa shape index (κ3) is 7.96. The molecule has 0 saturated carbocycles. The number of nitrogens with two attached hydrogens (primary N) is 1. The number of furan rings is 1. The highest BCUT2D eigenvalue weighted by molar-refractivity contribution is 14.0. The lowest BCUT2D eigenvalue weighted by Gasteiger charge is -2.15. The van der Waals surface area contributed by atoms with Crippen molar-refractivity contribution in [2.24, 2.45) is 10.1 Å². The van der Waals surface area contributed by atoms with E-state index in [2.05, 4.69) is 15.6 Å². The average Bonchev–Trinajstić information content (AvgIpc) is 3.37. The number of hydrogen-bond acceptors (Lipinski definition) is 5. The Balaban J connectivity index is 0.00000300. The van der Waals surface area contributed by atoms with Gasteiger partial charge in [0.25, 0.3) is 0 Å². The number of nitrogens with one attached hydrogen (secondary N) is 2. The lowest BCUT2D eigenvalue weighted by molar-refractivity contribution is 0.114. The van der Waals surface area contributed by atoms with E-state index in [0.29, 0.717) is 25.6 Å². The van der Waals surface area contributed by atoms with Crippen LogP contribution in [0.4, 0.5) is 0 Å². The molecule has 0 aliphatic carbocycles. The monoisotopic (exact) mass is 534 g/mol. The number of hydrogen-bond donors (Lipinski definition) is 3. The molecule has 160 valence electrons. The fraction of sp³-hybridized carbons (Fsp3) is 0.421. The summed E-state index contributed by atoms with van der Waals surface area (Å²) < 4.78 is 33.7. The second kappa shape index (κ2) is 11.5. The van der Waals surface area contributed by atoms with Gasteiger partial charge in [-0.05, 0) is 42.7 Å². The first-order valence-corrected chi connectivity index (χ1v) is 10.8. The summed E-state index contributed by atoms with van der Waals surface area (Å²) in [5.41, 5.74) is 0.886. The highest BCUT2D eigenvalue weighted by Crippen LogP contribution is 2.11. The highest BCUT2D eigenvalue weighted by atomic mass is 127. The molecule has 1 atom stereocenters. The third-order valence-corrected chi connectivity index (χ3v) is 5.37. The number of guanidine groups is 1. The van der Waals surface area contributed by atoms with Gasteiger partial charge in [0.1, 0.15) is 5.76 Å². The van der Waals surface area contributed by atoms with Crippen LogP contribution in [0.25, 0.3) is 0 Å². The molecule has 3 rings (SSSR count). The Morgan fingerprint density at radius 1 is 1.21 bits per heavy atom. The second-order valence-corrected chi connectivity index (χ2v) is 8.19. The van der Waals surface area contributed by atoms with Crippen LogP contribution in [0.3, 0.4) is 0 Å². The van der Waals surface area contributed by atoms with Gasteiger partial charge in [0.15, 0.2) is 5.96 Å². The predicted molar refractivity (Wildman–Crippen MR) is 122 cm³/mol. The Morgan fingerprint density at radius 3 is 2.62 bits per heavy atom. The molecule has 1 aromatic carbocycles. The normalized spacial score (nSPS) is 17.0. The molecule has 1 fully saturated rings. The SMILES string of the molecule is I.NS(=O)(=O)c1ccc(CN=C(NCCc2ccco2)NCC2CCCO2)cc1. The molecule has 0 radical (unpaired) electrons. The van der Waals surface area contributed by atoms with Crippen molar-refractivity contribution < 1.29 is 17.6 Å². The first-order valence-electron chi connectivity index (χ1n) is 9.28. The van der Waals surface area contributed by atoms with Gasteiger partial charge in [0.05, 0.1) is 23.8 Å². The number of benzene rings is 1. The zero-order valence-corrected chi connectivity index (χ0v) is 19.2. The minimum Gasteiger partial charge on any atom is -0.469 e. The van der Waals surface area contributed by atoms with Crippen molar-refractivity contribution in [1.82, 2.24) is 10.6 Å². The molecule has 1 aliphatic rings. The van der Waals surface area contributed by atoms with Crippen LogP contribution in [0.1, 0.15) is 24.2 Å². The van der Waals surface area contributed by atoms with Crippen molar-refractivity contribution in [3.05, 3.63) is 54.0 Å². The van der Waals surface area contributed by atoms with E-state index in [1.807, 2.05) is 12.1 Å². The Kier molecular flexibility index (Phi) is 9.40. The summed E-state index contributed by atoms with van der Waals surface area (Å²) in [6.45, 7) is 2.58. The zero-order valence-electron chi connectivity index (χ0n) is 16.0. The van der Waals surface area contributed by atoms with Gasteiger partial charge in [0, 0.05) is 26.1 Å². The number of primary sulfonamides is 1. The van der Waals surface area contributed by atoms with Gasteiger partial charge in [-0.2, -0.15) is 0 Å². The van der Waals surface area contributed by atoms with Crippen LogP contribution in [-0.2, 0) is 27.7 Å². The summed E-state index contributed by atoms with van der Waals surface area (Å²) in [5.74, 6) is 1.59. The first kappa shape index (κ1) is 23.6. The van der Waals surface area contributed by atoms with Crippen LogP contribution in [0.15, 0.2) is 57.0 Å². The van der Waals surface area contributed by atoms with Crippen molar-refractivity contribution in [1.29, 1.82) is 0 Å². The minimum absolute atomic E-state index is 0. The van der Waals surface area contributed by atoms with Gasteiger partial charge in [-0.15, -0.1) is 24.0 Å². The molecule has 2 aromatic rings. The van der Waals surface area contributed by atoms with Crippen LogP contribution < -0.4 is 15.8 Å². The van der Waals surface area contributed by atoms with E-state index in [4.69, 9.17) is 14.3 Å². The van der Waals surface area contributed by atoms with Gasteiger partial charge in [0.2, 0.25) is 10.0 Å². The predicted octanol–water partition coefficient (Wildman–Crippen LogP) is 2.00. The quantitative estimate of drug-likeness (QED) is 0.271. The number of nitrogens with zero attached hydrogens (tertiary/aromatic N) is 1. The average molecular weight is 534 g/mol. The van der Waals surface area contributed by atoms with Crippen LogP contribution in [0, 0.1) is 0 Å². The lowest BCUT2D eigenvalue weighted by Crippen LogP contribution is -2.41. The van der Waals surface area contributed by atoms with Gasteiger partial charge in [-0.3, -0.25) is 0 Å². The maximum Gasteiger partial charge on any atom is 0.238 e. The Hall–Kier alpha value is -1.63. The number of sulfonamides is 1. The summed E-state index contributed by atoms with van der Waals surface area (Å²) >= 11 is 0. The molecule has 1 aliphatic heterocycles. The Bertz CT molecular complexity index is 864. The van der Waals surface area contributed by atoms with E-state index >= 15 is 0 Å². The van der Waals surface area contributed by atoms with Gasteiger partial charge in [-0.25, -0.2) is 18.5 Å². The third-order valence-electron chi connectivity index (χ3n) is 4.44. The van der Waals surface area contributed by atoms with Crippen molar-refractivity contribution in [3.8, 4) is 0 Å². The summed E-state index contributed by atoms with van der Waals surface area (Å²) in [5, 5.41) is 11.7. The highest BCUT2D eigenvalue weighted by Gasteiger charge is 2.15. The topological polar surface area (TPSA) is 119 Å². The van der Waals surface area contributed by atoms with Crippen molar-refractivity contribution in [2.45, 2.75) is 36.8 Å². The molecular formula is C19H27IN4O4S. The van der Waals surface area contributed by atoms with E-state index < -0.39 is 10.0 Å². The fourth-order valence-electron chi connectivity index (χ4n) is 2.90. The summed E-state index contributed by atoms with van der Waals surface area (Å²) in [7, 11) is -3.69. The molecule has 0 amide bonds. The van der Waals surface area contributed by atoms with E-state index in [9.17, 15) is 8.42 Å². The molecule has 1 aromatic heterocycles. The van der Waals surface area contributed by atoms with E-state index in [1.165, 1.54) is 12.1 Å². The molecule has 10 heteroatoms. The molecule has 8 nitrogen and oxygen atoms in total. The van der Waals surface area contributed by atoms with Gasteiger partial charge < -0.3 is 19.8 Å². The molecule has 0 spiro atoms. The zero-order chi connectivity index (χ0) is 19.8. The standard InChI is InChI=1S/C19H26N4O4S.HI/c20-28(24,25)18-7-5-15(6-8-18)13-22-19(23-14-17-4-2-12-27-17)21-10-9-16-3-1-11-26-16;/h1,3,5-8,11,17H,2,4,9-10,12-14H2,(H2,20,24,25)(H2,21,22,23);1H.